The van der Waals surface area contributed by atoms with Crippen molar-refractivity contribution in [1.29, 1.82) is 0 Å². The molecule has 1 aliphatic rings. The molecule has 2 aromatic carbocycles. The average Bonchev–Trinajstić information content (AvgIpc) is 3.59. The Kier molecular flexibility index (Phi) is 5.68. The van der Waals surface area contributed by atoms with Gasteiger partial charge in [0.25, 0.3) is 5.91 Å². The summed E-state index contributed by atoms with van der Waals surface area (Å²) in [5.41, 5.74) is 2.22. The molecular weight excluding hydrogens is 446 g/mol. The number of carbonyl (C=O) groups is 2. The number of furan rings is 2. The first-order chi connectivity index (χ1) is 16.9. The smallest absolute Gasteiger partial charge is 0.290 e. The van der Waals surface area contributed by atoms with Crippen molar-refractivity contribution in [1.82, 2.24) is 4.90 Å². The first-order valence-corrected chi connectivity index (χ1v) is 11.4. The molecule has 7 nitrogen and oxygen atoms in total. The van der Waals surface area contributed by atoms with Gasteiger partial charge in [-0.05, 0) is 41.3 Å². The molecule has 0 radical (unpaired) electrons. The monoisotopic (exact) mass is 471 g/mol. The fourth-order valence-electron chi connectivity index (χ4n) is 4.47. The molecule has 0 spiro atoms. The number of carbonyl (C=O) groups excluding carboxylic acids is 2. The van der Waals surface area contributed by atoms with Crippen LogP contribution in [0.5, 0.6) is 5.75 Å². The van der Waals surface area contributed by atoms with E-state index in [2.05, 4.69) is 13.8 Å². The molecule has 0 saturated heterocycles. The summed E-state index contributed by atoms with van der Waals surface area (Å²) in [5, 5.41) is 11.6. The number of hydrogen-bond acceptors (Lipinski definition) is 6. The SMILES string of the molecule is COc1cccc2cc(C(=O)C3=C(O)C(=O)N(Cc4ccco4)C3c3ccc(C(C)C)cc3)oc12. The number of aliphatic hydroxyl groups excluding tert-OH is 1. The Bertz CT molecular complexity index is 1430. The van der Waals surface area contributed by atoms with Gasteiger partial charge in [0.2, 0.25) is 5.78 Å². The van der Waals surface area contributed by atoms with E-state index in [0.29, 0.717) is 34.0 Å². The Balaban J connectivity index is 1.60. The second-order valence-electron chi connectivity index (χ2n) is 8.82. The normalized spacial score (nSPS) is 16.1. The predicted molar refractivity (Wildman–Crippen MR) is 129 cm³/mol. The summed E-state index contributed by atoms with van der Waals surface area (Å²) >= 11 is 0. The van der Waals surface area contributed by atoms with Gasteiger partial charge in [-0.3, -0.25) is 9.59 Å². The van der Waals surface area contributed by atoms with Gasteiger partial charge in [0.1, 0.15) is 5.76 Å². The van der Waals surface area contributed by atoms with Crippen LogP contribution in [0.2, 0.25) is 0 Å². The molecule has 0 bridgehead atoms. The maximum Gasteiger partial charge on any atom is 0.290 e. The molecule has 1 unspecified atom stereocenters. The van der Waals surface area contributed by atoms with Crippen LogP contribution in [-0.2, 0) is 11.3 Å². The molecule has 7 heteroatoms. The van der Waals surface area contributed by atoms with Gasteiger partial charge in [0.15, 0.2) is 22.9 Å². The van der Waals surface area contributed by atoms with Gasteiger partial charge >= 0.3 is 0 Å². The highest BCUT2D eigenvalue weighted by molar-refractivity contribution is 6.16. The predicted octanol–water partition coefficient (Wildman–Crippen LogP) is 5.94. The number of para-hydroxylation sites is 1. The lowest BCUT2D eigenvalue weighted by Gasteiger charge is -2.26. The summed E-state index contributed by atoms with van der Waals surface area (Å²) in [4.78, 5) is 28.3. The first kappa shape index (κ1) is 22.5. The van der Waals surface area contributed by atoms with Crippen LogP contribution in [-0.4, -0.2) is 28.8 Å². The third-order valence-corrected chi connectivity index (χ3v) is 6.33. The Morgan fingerprint density at radius 2 is 1.89 bits per heavy atom. The summed E-state index contributed by atoms with van der Waals surface area (Å²) in [6, 6.07) is 17.3. The fraction of sp³-hybridized carbons (Fsp3) is 0.214. The molecule has 0 fully saturated rings. The Hall–Kier alpha value is -4.26. The summed E-state index contributed by atoms with van der Waals surface area (Å²) < 4.78 is 16.6. The van der Waals surface area contributed by atoms with Gasteiger partial charge in [0.05, 0.1) is 31.5 Å². The number of methoxy groups -OCH3 is 1. The highest BCUT2D eigenvalue weighted by Gasteiger charge is 2.45. The molecule has 0 aliphatic carbocycles. The van der Waals surface area contributed by atoms with Crippen LogP contribution in [0.25, 0.3) is 11.0 Å². The van der Waals surface area contributed by atoms with Crippen LogP contribution in [0, 0.1) is 0 Å². The Morgan fingerprint density at radius 3 is 2.54 bits per heavy atom. The van der Waals surface area contributed by atoms with Crippen molar-refractivity contribution < 1.29 is 28.3 Å². The maximum absolute atomic E-state index is 13.7. The highest BCUT2D eigenvalue weighted by atomic mass is 16.5. The number of ether oxygens (including phenoxy) is 1. The number of nitrogens with zero attached hydrogens (tertiary/aromatic N) is 1. The second-order valence-corrected chi connectivity index (χ2v) is 8.82. The van der Waals surface area contributed by atoms with Crippen molar-refractivity contribution >= 4 is 22.7 Å². The summed E-state index contributed by atoms with van der Waals surface area (Å²) in [6.07, 6.45) is 1.52. The van der Waals surface area contributed by atoms with Gasteiger partial charge < -0.3 is 23.6 Å². The first-order valence-electron chi connectivity index (χ1n) is 11.4. The number of rotatable bonds is 7. The number of amides is 1. The van der Waals surface area contributed by atoms with Gasteiger partial charge in [0, 0.05) is 5.39 Å². The van der Waals surface area contributed by atoms with E-state index >= 15 is 0 Å². The second kappa shape index (κ2) is 8.83. The number of aliphatic hydroxyl groups is 1. The van der Waals surface area contributed by atoms with Gasteiger partial charge in [-0.2, -0.15) is 0 Å². The van der Waals surface area contributed by atoms with Crippen LogP contribution in [0.3, 0.4) is 0 Å². The number of ketones is 1. The minimum absolute atomic E-state index is 0.0162. The topological polar surface area (TPSA) is 93.1 Å². The van der Waals surface area contributed by atoms with Crippen LogP contribution in [0.1, 0.15) is 53.2 Å². The van der Waals surface area contributed by atoms with Crippen LogP contribution in [0.15, 0.2) is 87.1 Å². The van der Waals surface area contributed by atoms with E-state index in [0.717, 1.165) is 5.56 Å². The van der Waals surface area contributed by atoms with Crippen molar-refractivity contribution in [3.63, 3.8) is 0 Å². The van der Waals surface area contributed by atoms with Crippen LogP contribution >= 0.6 is 0 Å². The largest absolute Gasteiger partial charge is 0.503 e. The molecule has 1 N–H and O–H groups in total. The van der Waals surface area contributed by atoms with E-state index in [-0.39, 0.29) is 17.9 Å². The summed E-state index contributed by atoms with van der Waals surface area (Å²) in [5.74, 6) is -0.427. The molecule has 5 rings (SSSR count). The third kappa shape index (κ3) is 3.89. The number of benzene rings is 2. The lowest BCUT2D eigenvalue weighted by atomic mass is 9.93. The standard InChI is InChI=1S/C28H25NO6/c1-16(2)17-9-11-18(12-10-17)24-23(26(31)28(32)29(24)15-20-7-5-13-34-20)25(30)22-14-19-6-4-8-21(33-3)27(19)35-22/h4-14,16,24,31H,15H2,1-3H3. The molecule has 4 aromatic rings. The third-order valence-electron chi connectivity index (χ3n) is 6.33. The van der Waals surface area contributed by atoms with Crippen molar-refractivity contribution in [2.75, 3.05) is 7.11 Å². The summed E-state index contributed by atoms with van der Waals surface area (Å²) in [7, 11) is 1.52. The van der Waals surface area contributed by atoms with Gasteiger partial charge in [-0.25, -0.2) is 0 Å². The lowest BCUT2D eigenvalue weighted by molar-refractivity contribution is -0.130. The molecule has 1 aliphatic heterocycles. The van der Waals surface area contributed by atoms with Gasteiger partial charge in [-0.15, -0.1) is 0 Å². The fourth-order valence-corrected chi connectivity index (χ4v) is 4.47. The Labute approximate surface area is 202 Å². The average molecular weight is 472 g/mol. The molecule has 35 heavy (non-hydrogen) atoms. The van der Waals surface area contributed by atoms with Gasteiger partial charge in [-0.1, -0.05) is 50.2 Å². The molecule has 178 valence electrons. The minimum Gasteiger partial charge on any atom is -0.503 e. The van der Waals surface area contributed by atoms with E-state index in [1.54, 1.807) is 36.4 Å². The summed E-state index contributed by atoms with van der Waals surface area (Å²) in [6.45, 7) is 4.28. The molecule has 2 aromatic heterocycles. The highest BCUT2D eigenvalue weighted by Crippen LogP contribution is 2.41. The number of hydrogen-bond donors (Lipinski definition) is 1. The van der Waals surface area contributed by atoms with E-state index in [1.807, 2.05) is 24.3 Å². The van der Waals surface area contributed by atoms with Crippen molar-refractivity contribution in [3.8, 4) is 5.75 Å². The van der Waals surface area contributed by atoms with E-state index in [1.165, 1.54) is 18.3 Å². The molecule has 1 amide bonds. The number of fused-ring (bicyclic) bond motifs is 1. The van der Waals surface area contributed by atoms with Crippen LogP contribution < -0.4 is 4.74 Å². The molecule has 1 atom stereocenters. The minimum atomic E-state index is -0.809. The zero-order chi connectivity index (χ0) is 24.7. The Morgan fingerprint density at radius 1 is 1.11 bits per heavy atom. The van der Waals surface area contributed by atoms with E-state index < -0.39 is 23.5 Å². The zero-order valence-electron chi connectivity index (χ0n) is 19.6. The van der Waals surface area contributed by atoms with Crippen LogP contribution in [0.4, 0.5) is 0 Å². The quantitative estimate of drug-likeness (QED) is 0.336. The van der Waals surface area contributed by atoms with Crippen molar-refractivity contribution in [2.24, 2.45) is 0 Å². The molecule has 0 saturated carbocycles. The maximum atomic E-state index is 13.7. The molecular formula is C28H25NO6. The lowest BCUT2D eigenvalue weighted by Crippen LogP contribution is -2.30. The molecule has 3 heterocycles. The van der Waals surface area contributed by atoms with Crippen molar-refractivity contribution in [2.45, 2.75) is 32.4 Å². The number of Topliss-reactive ketones (excluding diaryl/α,β-unsaturated/α-hetero) is 1. The van der Waals surface area contributed by atoms with E-state index in [4.69, 9.17) is 13.6 Å². The zero-order valence-corrected chi connectivity index (χ0v) is 19.6. The van der Waals surface area contributed by atoms with Crippen molar-refractivity contribution in [3.05, 3.63) is 101 Å². The van der Waals surface area contributed by atoms with E-state index in [9.17, 15) is 14.7 Å².